The molecule has 0 aliphatic carbocycles. The Labute approximate surface area is 91.6 Å². The van der Waals surface area contributed by atoms with Gasteiger partial charge in [-0.15, -0.1) is 0 Å². The number of hydrogen-bond acceptors (Lipinski definition) is 1. The SMILES string of the molecule is C=C(Br)/C(C)=c1/cc(C#N)n(C)c1=C. The molecule has 1 rings (SSSR count). The molecule has 1 aromatic rings. The molecule has 72 valence electrons. The van der Waals surface area contributed by atoms with E-state index in [-0.39, 0.29) is 0 Å². The van der Waals surface area contributed by atoms with Crippen LogP contribution in [0.5, 0.6) is 0 Å². The van der Waals surface area contributed by atoms with E-state index in [1.807, 2.05) is 20.0 Å². The fourth-order valence-electron chi connectivity index (χ4n) is 1.22. The maximum atomic E-state index is 8.83. The van der Waals surface area contributed by atoms with Gasteiger partial charge in [0.25, 0.3) is 0 Å². The standard InChI is InChI=1S/C11H11BrN2/c1-7(8(2)12)11-5-10(6-13)14(4)9(11)3/h5H,2-3H2,1,4H3/b11-7-. The summed E-state index contributed by atoms with van der Waals surface area (Å²) in [5.74, 6) is 0. The van der Waals surface area contributed by atoms with Crippen LogP contribution in [0.15, 0.2) is 17.1 Å². The second-order valence-electron chi connectivity index (χ2n) is 3.09. The van der Waals surface area contributed by atoms with E-state index in [2.05, 4.69) is 35.2 Å². The van der Waals surface area contributed by atoms with E-state index in [1.165, 1.54) is 0 Å². The van der Waals surface area contributed by atoms with Crippen molar-refractivity contribution in [3.63, 3.8) is 0 Å². The highest BCUT2D eigenvalue weighted by molar-refractivity contribution is 9.12. The highest BCUT2D eigenvalue weighted by atomic mass is 79.9. The molecule has 14 heavy (non-hydrogen) atoms. The number of hydrogen-bond donors (Lipinski definition) is 0. The molecule has 0 aromatic carbocycles. The third kappa shape index (κ3) is 1.66. The van der Waals surface area contributed by atoms with Crippen molar-refractivity contribution in [2.45, 2.75) is 6.92 Å². The van der Waals surface area contributed by atoms with Crippen LogP contribution >= 0.6 is 15.9 Å². The van der Waals surface area contributed by atoms with Crippen molar-refractivity contribution >= 4 is 28.1 Å². The highest BCUT2D eigenvalue weighted by Crippen LogP contribution is 2.12. The van der Waals surface area contributed by atoms with E-state index < -0.39 is 0 Å². The Morgan fingerprint density at radius 2 is 2.21 bits per heavy atom. The first kappa shape index (κ1) is 10.8. The Hall–Kier alpha value is -1.27. The molecule has 0 spiro atoms. The number of nitriles is 1. The molecule has 0 bridgehead atoms. The van der Waals surface area contributed by atoms with Gasteiger partial charge in [-0.25, -0.2) is 0 Å². The highest BCUT2D eigenvalue weighted by Gasteiger charge is 2.02. The fourth-order valence-corrected chi connectivity index (χ4v) is 1.43. The molecule has 0 unspecified atom stereocenters. The van der Waals surface area contributed by atoms with Gasteiger partial charge in [0.05, 0.1) is 0 Å². The Morgan fingerprint density at radius 1 is 1.64 bits per heavy atom. The maximum absolute atomic E-state index is 8.83. The van der Waals surface area contributed by atoms with Gasteiger partial charge in [-0.3, -0.25) is 0 Å². The lowest BCUT2D eigenvalue weighted by Gasteiger charge is -1.94. The van der Waals surface area contributed by atoms with E-state index in [9.17, 15) is 0 Å². The largest absolute Gasteiger partial charge is 0.336 e. The molecule has 0 aliphatic rings. The van der Waals surface area contributed by atoms with Gasteiger partial charge >= 0.3 is 0 Å². The summed E-state index contributed by atoms with van der Waals surface area (Å²) < 4.78 is 2.59. The Kier molecular flexibility index (Phi) is 2.97. The normalized spacial score (nSPS) is 12.1. The molecule has 0 saturated carbocycles. The van der Waals surface area contributed by atoms with E-state index in [4.69, 9.17) is 5.26 Å². The first-order valence-electron chi connectivity index (χ1n) is 4.09. The number of halogens is 1. The second-order valence-corrected chi connectivity index (χ2v) is 4.05. The van der Waals surface area contributed by atoms with Gasteiger partial charge in [-0.2, -0.15) is 5.26 Å². The lowest BCUT2D eigenvalue weighted by atomic mass is 10.2. The van der Waals surface area contributed by atoms with Crippen LogP contribution in [0, 0.1) is 11.3 Å². The predicted octanol–water partition coefficient (Wildman–Crippen LogP) is 1.39. The summed E-state index contributed by atoms with van der Waals surface area (Å²) >= 11 is 3.31. The van der Waals surface area contributed by atoms with Gasteiger partial charge in [0, 0.05) is 22.1 Å². The molecule has 0 atom stereocenters. The first-order valence-corrected chi connectivity index (χ1v) is 4.88. The Balaban J connectivity index is 3.72. The van der Waals surface area contributed by atoms with Crippen molar-refractivity contribution in [2.75, 3.05) is 0 Å². The molecule has 0 fully saturated rings. The summed E-state index contributed by atoms with van der Waals surface area (Å²) in [4.78, 5) is 0. The van der Waals surface area contributed by atoms with Crippen LogP contribution in [-0.4, -0.2) is 4.57 Å². The summed E-state index contributed by atoms with van der Waals surface area (Å²) in [6.45, 7) is 9.66. The van der Waals surface area contributed by atoms with Crippen LogP contribution in [0.2, 0.25) is 0 Å². The van der Waals surface area contributed by atoms with Gasteiger partial charge < -0.3 is 4.57 Å². The molecular formula is C11H11BrN2. The minimum Gasteiger partial charge on any atom is -0.336 e. The maximum Gasteiger partial charge on any atom is 0.121 e. The minimum absolute atomic E-state index is 0.609. The number of allylic oxidation sites excluding steroid dienone is 1. The summed E-state index contributed by atoms with van der Waals surface area (Å²) in [7, 11) is 1.83. The van der Waals surface area contributed by atoms with Crippen LogP contribution in [0.25, 0.3) is 12.2 Å². The predicted molar refractivity (Wildman–Crippen MR) is 62.0 cm³/mol. The smallest absolute Gasteiger partial charge is 0.121 e. The average molecular weight is 251 g/mol. The number of nitrogens with zero attached hydrogens (tertiary/aromatic N) is 2. The van der Waals surface area contributed by atoms with Crippen molar-refractivity contribution in [3.8, 4) is 6.07 Å². The fraction of sp³-hybridized carbons (Fsp3) is 0.182. The number of rotatable bonds is 1. The third-order valence-corrected chi connectivity index (χ3v) is 2.88. The Bertz CT molecular complexity index is 529. The molecule has 0 amide bonds. The van der Waals surface area contributed by atoms with Crippen LogP contribution in [0.1, 0.15) is 12.6 Å². The zero-order chi connectivity index (χ0) is 10.9. The molecule has 3 heteroatoms. The first-order chi connectivity index (χ1) is 6.49. The van der Waals surface area contributed by atoms with Crippen molar-refractivity contribution in [2.24, 2.45) is 7.05 Å². The van der Waals surface area contributed by atoms with E-state index in [0.29, 0.717) is 5.69 Å². The van der Waals surface area contributed by atoms with Crippen LogP contribution in [0.3, 0.4) is 0 Å². The molecule has 0 aliphatic heterocycles. The average Bonchev–Trinajstić information content (AvgIpc) is 2.43. The summed E-state index contributed by atoms with van der Waals surface area (Å²) in [5.41, 5.74) is 1.62. The lowest BCUT2D eigenvalue weighted by Crippen LogP contribution is -2.27. The minimum atomic E-state index is 0.609. The number of aromatic nitrogens is 1. The Morgan fingerprint density at radius 3 is 2.57 bits per heavy atom. The van der Waals surface area contributed by atoms with Crippen molar-refractivity contribution in [1.82, 2.24) is 4.57 Å². The topological polar surface area (TPSA) is 28.7 Å². The van der Waals surface area contributed by atoms with Gasteiger partial charge in [0.2, 0.25) is 0 Å². The molecule has 2 nitrogen and oxygen atoms in total. The van der Waals surface area contributed by atoms with Gasteiger partial charge in [0.1, 0.15) is 11.8 Å². The summed E-state index contributed by atoms with van der Waals surface area (Å²) in [6, 6.07) is 3.94. The molecular weight excluding hydrogens is 240 g/mol. The summed E-state index contributed by atoms with van der Waals surface area (Å²) in [5, 5.41) is 10.6. The monoisotopic (exact) mass is 250 g/mol. The molecule has 0 N–H and O–H groups in total. The molecule has 0 saturated heterocycles. The van der Waals surface area contributed by atoms with Crippen LogP contribution in [0.4, 0.5) is 0 Å². The molecule has 1 aromatic heterocycles. The van der Waals surface area contributed by atoms with Crippen molar-refractivity contribution < 1.29 is 0 Å². The second kappa shape index (κ2) is 3.85. The lowest BCUT2D eigenvalue weighted by molar-refractivity contribution is 0.873. The zero-order valence-electron chi connectivity index (χ0n) is 8.26. The molecule has 1 heterocycles. The van der Waals surface area contributed by atoms with Gasteiger partial charge in [-0.05, 0) is 18.6 Å². The quantitative estimate of drug-likeness (QED) is 0.741. The van der Waals surface area contributed by atoms with Crippen LogP contribution < -0.4 is 10.6 Å². The van der Waals surface area contributed by atoms with E-state index in [0.717, 1.165) is 20.6 Å². The van der Waals surface area contributed by atoms with Crippen molar-refractivity contribution in [3.05, 3.63) is 33.4 Å². The summed E-state index contributed by atoms with van der Waals surface area (Å²) in [6.07, 6.45) is 0. The van der Waals surface area contributed by atoms with E-state index >= 15 is 0 Å². The van der Waals surface area contributed by atoms with E-state index in [1.54, 1.807) is 4.57 Å². The zero-order valence-corrected chi connectivity index (χ0v) is 9.85. The van der Waals surface area contributed by atoms with Crippen molar-refractivity contribution in [1.29, 1.82) is 5.26 Å². The van der Waals surface area contributed by atoms with Gasteiger partial charge in [0.15, 0.2) is 0 Å². The molecule has 0 radical (unpaired) electrons. The third-order valence-electron chi connectivity index (χ3n) is 2.28. The van der Waals surface area contributed by atoms with Gasteiger partial charge in [-0.1, -0.05) is 29.1 Å². The van der Waals surface area contributed by atoms with Crippen LogP contribution in [-0.2, 0) is 7.05 Å².